The van der Waals surface area contributed by atoms with Crippen LogP contribution in [0.1, 0.15) is 10.4 Å². The minimum atomic E-state index is -0.766. The number of benzene rings is 2. The Kier molecular flexibility index (Phi) is 3.12. The van der Waals surface area contributed by atoms with Crippen molar-refractivity contribution in [3.63, 3.8) is 0 Å². The number of anilines is 1. The first kappa shape index (κ1) is 12.6. The van der Waals surface area contributed by atoms with Gasteiger partial charge in [-0.3, -0.25) is 4.79 Å². The van der Waals surface area contributed by atoms with Gasteiger partial charge < -0.3 is 10.4 Å². The summed E-state index contributed by atoms with van der Waals surface area (Å²) in [5, 5.41) is 14.4. The molecular formula is C15H10FNO2S. The summed E-state index contributed by atoms with van der Waals surface area (Å²) in [5.41, 5.74) is 0.861. The molecule has 1 heterocycles. The van der Waals surface area contributed by atoms with Gasteiger partial charge in [0.1, 0.15) is 0 Å². The number of carbonyl (C=O) groups is 1. The van der Waals surface area contributed by atoms with E-state index >= 15 is 0 Å². The summed E-state index contributed by atoms with van der Waals surface area (Å²) in [4.78, 5) is 12.2. The normalized spacial score (nSPS) is 10.7. The summed E-state index contributed by atoms with van der Waals surface area (Å²) in [7, 11) is 0. The van der Waals surface area contributed by atoms with Crippen LogP contribution in [0.4, 0.5) is 10.1 Å². The second-order valence-corrected chi connectivity index (χ2v) is 5.18. The number of amides is 1. The molecule has 5 heteroatoms. The van der Waals surface area contributed by atoms with Crippen LogP contribution < -0.4 is 5.32 Å². The van der Waals surface area contributed by atoms with Gasteiger partial charge in [-0.05, 0) is 18.2 Å². The number of hydrogen-bond donors (Lipinski definition) is 2. The molecule has 20 heavy (non-hydrogen) atoms. The average molecular weight is 287 g/mol. The third kappa shape index (κ3) is 2.23. The summed E-state index contributed by atoms with van der Waals surface area (Å²) in [6.07, 6.45) is 0. The molecule has 0 atom stereocenters. The highest BCUT2D eigenvalue weighted by atomic mass is 32.1. The van der Waals surface area contributed by atoms with Crippen molar-refractivity contribution in [2.75, 3.05) is 5.32 Å². The largest absolute Gasteiger partial charge is 0.505 e. The van der Waals surface area contributed by atoms with Crippen molar-refractivity contribution in [1.29, 1.82) is 0 Å². The molecule has 0 saturated carbocycles. The zero-order valence-electron chi connectivity index (χ0n) is 10.3. The van der Waals surface area contributed by atoms with Gasteiger partial charge in [-0.15, -0.1) is 11.3 Å². The van der Waals surface area contributed by atoms with Crippen LogP contribution in [0.2, 0.25) is 0 Å². The highest BCUT2D eigenvalue weighted by Gasteiger charge is 2.12. The molecule has 0 saturated heterocycles. The molecule has 3 aromatic rings. The van der Waals surface area contributed by atoms with Crippen molar-refractivity contribution in [2.45, 2.75) is 0 Å². The molecular weight excluding hydrogens is 277 g/mol. The molecule has 0 radical (unpaired) electrons. The van der Waals surface area contributed by atoms with Gasteiger partial charge in [-0.1, -0.05) is 18.2 Å². The molecule has 3 rings (SSSR count). The Morgan fingerprint density at radius 3 is 2.80 bits per heavy atom. The van der Waals surface area contributed by atoms with Gasteiger partial charge >= 0.3 is 0 Å². The predicted molar refractivity (Wildman–Crippen MR) is 77.8 cm³/mol. The van der Waals surface area contributed by atoms with E-state index in [2.05, 4.69) is 5.32 Å². The molecule has 2 aromatic carbocycles. The smallest absolute Gasteiger partial charge is 0.257 e. The lowest BCUT2D eigenvalue weighted by Gasteiger charge is -2.05. The average Bonchev–Trinajstić information content (AvgIpc) is 2.87. The molecule has 0 aliphatic heterocycles. The van der Waals surface area contributed by atoms with Crippen molar-refractivity contribution in [3.8, 4) is 5.75 Å². The lowest BCUT2D eigenvalue weighted by Crippen LogP contribution is -2.11. The van der Waals surface area contributed by atoms with Crippen molar-refractivity contribution < 1.29 is 14.3 Å². The van der Waals surface area contributed by atoms with E-state index in [0.717, 1.165) is 16.2 Å². The number of aromatic hydroxyl groups is 1. The predicted octanol–water partition coefficient (Wildman–Crippen LogP) is 4.00. The number of rotatable bonds is 2. The Bertz CT molecular complexity index is 797. The second kappa shape index (κ2) is 4.94. The molecule has 0 unspecified atom stereocenters. The van der Waals surface area contributed by atoms with E-state index in [-0.39, 0.29) is 5.91 Å². The van der Waals surface area contributed by atoms with Gasteiger partial charge in [-0.25, -0.2) is 4.39 Å². The molecule has 0 aliphatic carbocycles. The Labute approximate surface area is 118 Å². The van der Waals surface area contributed by atoms with Crippen LogP contribution in [0, 0.1) is 5.82 Å². The van der Waals surface area contributed by atoms with Crippen LogP contribution in [0.3, 0.4) is 0 Å². The first-order chi connectivity index (χ1) is 9.65. The molecule has 0 aliphatic rings. The number of nitrogens with one attached hydrogen (secondary N) is 1. The fraction of sp³-hybridized carbons (Fsp3) is 0. The molecule has 1 aromatic heterocycles. The number of hydrogen-bond acceptors (Lipinski definition) is 3. The van der Waals surface area contributed by atoms with Crippen LogP contribution >= 0.6 is 11.3 Å². The van der Waals surface area contributed by atoms with E-state index in [1.54, 1.807) is 5.38 Å². The van der Waals surface area contributed by atoms with Crippen LogP contribution in [0.25, 0.3) is 10.1 Å². The van der Waals surface area contributed by atoms with E-state index in [0.29, 0.717) is 11.3 Å². The van der Waals surface area contributed by atoms with E-state index in [9.17, 15) is 9.18 Å². The van der Waals surface area contributed by atoms with E-state index in [1.165, 1.54) is 23.5 Å². The minimum Gasteiger partial charge on any atom is -0.505 e. The quantitative estimate of drug-likeness (QED) is 0.700. The molecule has 2 N–H and O–H groups in total. The topological polar surface area (TPSA) is 49.3 Å². The maximum atomic E-state index is 13.2. The number of halogens is 1. The molecule has 0 spiro atoms. The highest BCUT2D eigenvalue weighted by molar-refractivity contribution is 7.17. The first-order valence-electron chi connectivity index (χ1n) is 5.91. The number of phenolic OH excluding ortho intramolecular Hbond substituents is 1. The van der Waals surface area contributed by atoms with Gasteiger partial charge in [0, 0.05) is 27.2 Å². The van der Waals surface area contributed by atoms with E-state index < -0.39 is 11.6 Å². The molecule has 100 valence electrons. The number of phenols is 1. The van der Waals surface area contributed by atoms with Crippen LogP contribution in [0.5, 0.6) is 5.75 Å². The van der Waals surface area contributed by atoms with Crippen molar-refractivity contribution in [3.05, 3.63) is 59.2 Å². The zero-order chi connectivity index (χ0) is 14.1. The maximum absolute atomic E-state index is 13.2. The number of thiophene rings is 1. The third-order valence-corrected chi connectivity index (χ3v) is 3.89. The van der Waals surface area contributed by atoms with Crippen molar-refractivity contribution in [2.24, 2.45) is 0 Å². The number of fused-ring (bicyclic) bond motifs is 1. The van der Waals surface area contributed by atoms with Crippen LogP contribution in [-0.4, -0.2) is 11.0 Å². The summed E-state index contributed by atoms with van der Waals surface area (Å²) < 4.78 is 14.2. The molecule has 0 bridgehead atoms. The first-order valence-corrected chi connectivity index (χ1v) is 6.79. The van der Waals surface area contributed by atoms with Gasteiger partial charge in [-0.2, -0.15) is 0 Å². The van der Waals surface area contributed by atoms with Crippen molar-refractivity contribution >= 4 is 33.0 Å². The van der Waals surface area contributed by atoms with Crippen molar-refractivity contribution in [1.82, 2.24) is 0 Å². The summed E-state index contributed by atoms with van der Waals surface area (Å²) >= 11 is 1.48. The minimum absolute atomic E-state index is 0.299. The monoisotopic (exact) mass is 287 g/mol. The van der Waals surface area contributed by atoms with Gasteiger partial charge in [0.05, 0.1) is 5.56 Å². The molecule has 1 amide bonds. The van der Waals surface area contributed by atoms with Crippen LogP contribution in [-0.2, 0) is 0 Å². The van der Waals surface area contributed by atoms with E-state index in [1.807, 2.05) is 24.3 Å². The Balaban J connectivity index is 1.91. The fourth-order valence-electron chi connectivity index (χ4n) is 1.94. The van der Waals surface area contributed by atoms with Crippen LogP contribution in [0.15, 0.2) is 47.8 Å². The summed E-state index contributed by atoms with van der Waals surface area (Å²) in [6.45, 7) is 0. The maximum Gasteiger partial charge on any atom is 0.257 e. The van der Waals surface area contributed by atoms with Gasteiger partial charge in [0.15, 0.2) is 11.6 Å². The molecule has 0 fully saturated rings. The Morgan fingerprint density at radius 1 is 1.20 bits per heavy atom. The fourth-order valence-corrected chi connectivity index (χ4v) is 2.88. The number of carbonyl (C=O) groups excluding carboxylic acids is 1. The van der Waals surface area contributed by atoms with Gasteiger partial charge in [0.25, 0.3) is 5.91 Å². The third-order valence-electron chi connectivity index (χ3n) is 2.93. The summed E-state index contributed by atoms with van der Waals surface area (Å²) in [6, 6.07) is 11.3. The van der Waals surface area contributed by atoms with Gasteiger partial charge in [0.2, 0.25) is 0 Å². The van der Waals surface area contributed by atoms with E-state index in [4.69, 9.17) is 5.11 Å². The second-order valence-electron chi connectivity index (χ2n) is 4.27. The zero-order valence-corrected chi connectivity index (χ0v) is 11.1. The molecule has 3 nitrogen and oxygen atoms in total. The highest BCUT2D eigenvalue weighted by Crippen LogP contribution is 2.27. The lowest BCUT2D eigenvalue weighted by molar-refractivity contribution is 0.102. The summed E-state index contributed by atoms with van der Waals surface area (Å²) in [5.74, 6) is -1.51. The SMILES string of the molecule is O=C(Nc1ccc(O)c(F)c1)c1csc2ccccc12. The Morgan fingerprint density at radius 2 is 2.00 bits per heavy atom. The Hall–Kier alpha value is -2.40. The standard InChI is InChI=1S/C15H10FNO2S/c16-12-7-9(5-6-13(12)18)17-15(19)11-8-20-14-4-2-1-3-10(11)14/h1-8,18H,(H,17,19). The lowest BCUT2D eigenvalue weighted by atomic mass is 10.1.